The molecule has 0 N–H and O–H groups in total. The number of amides is 1. The molecule has 6 nitrogen and oxygen atoms in total. The minimum absolute atomic E-state index is 0.0779. The van der Waals surface area contributed by atoms with Crippen LogP contribution in [0.25, 0.3) is 22.4 Å². The Balaban J connectivity index is 1.67. The average Bonchev–Trinajstić information content (AvgIpc) is 3.13. The second-order valence-electron chi connectivity index (χ2n) is 6.79. The maximum absolute atomic E-state index is 12.8. The van der Waals surface area contributed by atoms with E-state index in [0.29, 0.717) is 5.76 Å². The molecule has 0 spiro atoms. The molecule has 0 saturated carbocycles. The number of benzene rings is 1. The third-order valence-electron chi connectivity index (χ3n) is 4.95. The monoisotopic (exact) mass is 362 g/mol. The maximum atomic E-state index is 12.8. The van der Waals surface area contributed by atoms with Crippen molar-refractivity contribution >= 4 is 5.91 Å². The van der Waals surface area contributed by atoms with Crippen molar-refractivity contribution in [1.29, 1.82) is 0 Å². The summed E-state index contributed by atoms with van der Waals surface area (Å²) < 4.78 is 5.66. The first-order chi connectivity index (χ1) is 13.2. The summed E-state index contributed by atoms with van der Waals surface area (Å²) in [5, 5.41) is 4.30. The molecular weight excluding hydrogens is 340 g/mol. The molecule has 3 heterocycles. The molecular formula is C21H22N4O2. The van der Waals surface area contributed by atoms with Gasteiger partial charge in [0.15, 0.2) is 5.76 Å². The van der Waals surface area contributed by atoms with E-state index in [1.54, 1.807) is 12.4 Å². The van der Waals surface area contributed by atoms with Gasteiger partial charge >= 0.3 is 0 Å². The van der Waals surface area contributed by atoms with Crippen LogP contribution in [0.5, 0.6) is 0 Å². The number of hydrogen-bond donors (Lipinski definition) is 0. The van der Waals surface area contributed by atoms with Gasteiger partial charge in [0.05, 0.1) is 12.0 Å². The first-order valence-corrected chi connectivity index (χ1v) is 9.13. The van der Waals surface area contributed by atoms with Crippen molar-refractivity contribution < 1.29 is 9.32 Å². The van der Waals surface area contributed by atoms with E-state index in [-0.39, 0.29) is 12.3 Å². The van der Waals surface area contributed by atoms with Gasteiger partial charge in [-0.2, -0.15) is 0 Å². The zero-order valence-electron chi connectivity index (χ0n) is 15.3. The van der Waals surface area contributed by atoms with Crippen molar-refractivity contribution in [2.75, 3.05) is 33.2 Å². The fraction of sp³-hybridized carbons (Fsp3) is 0.286. The van der Waals surface area contributed by atoms with Crippen LogP contribution in [-0.2, 0) is 11.2 Å². The number of aromatic nitrogens is 2. The Kier molecular flexibility index (Phi) is 4.98. The maximum Gasteiger partial charge on any atom is 0.230 e. The van der Waals surface area contributed by atoms with Gasteiger partial charge in [0.25, 0.3) is 0 Å². The van der Waals surface area contributed by atoms with Crippen LogP contribution in [-0.4, -0.2) is 59.1 Å². The Morgan fingerprint density at radius 2 is 1.70 bits per heavy atom. The van der Waals surface area contributed by atoms with E-state index in [0.717, 1.165) is 48.6 Å². The standard InChI is InChI=1S/C21H22N4O2/c1-24-11-13-25(14-12-24)19(26)15-18-20(16-7-9-22-10-8-16)21(23-27-18)17-5-3-2-4-6-17/h2-10H,11-15H2,1H3. The molecule has 0 radical (unpaired) electrons. The van der Waals surface area contributed by atoms with Crippen LogP contribution >= 0.6 is 0 Å². The Morgan fingerprint density at radius 3 is 2.41 bits per heavy atom. The van der Waals surface area contributed by atoms with Crippen LogP contribution in [0.3, 0.4) is 0 Å². The molecule has 138 valence electrons. The number of carbonyl (C=O) groups excluding carboxylic acids is 1. The molecule has 1 aromatic carbocycles. The molecule has 1 aliphatic heterocycles. The second kappa shape index (κ2) is 7.72. The first kappa shape index (κ1) is 17.4. The lowest BCUT2D eigenvalue weighted by Gasteiger charge is -2.32. The molecule has 1 aliphatic rings. The highest BCUT2D eigenvalue weighted by atomic mass is 16.5. The van der Waals surface area contributed by atoms with Crippen LogP contribution in [0.2, 0.25) is 0 Å². The Bertz CT molecular complexity index is 900. The number of likely N-dealkylation sites (N-methyl/N-ethyl adjacent to an activating group) is 1. The zero-order chi connectivity index (χ0) is 18.6. The van der Waals surface area contributed by atoms with Crippen molar-refractivity contribution in [3.63, 3.8) is 0 Å². The summed E-state index contributed by atoms with van der Waals surface area (Å²) in [6.07, 6.45) is 3.69. The minimum Gasteiger partial charge on any atom is -0.360 e. The topological polar surface area (TPSA) is 62.5 Å². The van der Waals surface area contributed by atoms with Gasteiger partial charge in [0.2, 0.25) is 5.91 Å². The molecule has 0 bridgehead atoms. The summed E-state index contributed by atoms with van der Waals surface area (Å²) in [4.78, 5) is 21.0. The number of carbonyl (C=O) groups is 1. The number of hydrogen-bond acceptors (Lipinski definition) is 5. The molecule has 0 aliphatic carbocycles. The molecule has 3 aromatic rings. The fourth-order valence-corrected chi connectivity index (χ4v) is 3.36. The van der Waals surface area contributed by atoms with E-state index < -0.39 is 0 Å². The van der Waals surface area contributed by atoms with E-state index in [1.807, 2.05) is 47.4 Å². The summed E-state index contributed by atoms with van der Waals surface area (Å²) in [5.74, 6) is 0.679. The highest BCUT2D eigenvalue weighted by Crippen LogP contribution is 2.34. The molecule has 0 unspecified atom stereocenters. The van der Waals surface area contributed by atoms with Gasteiger partial charge in [0.1, 0.15) is 5.69 Å². The Morgan fingerprint density at radius 1 is 1.00 bits per heavy atom. The average molecular weight is 362 g/mol. The Hall–Kier alpha value is -2.99. The lowest BCUT2D eigenvalue weighted by molar-refractivity contribution is -0.132. The van der Waals surface area contributed by atoms with Crippen molar-refractivity contribution in [1.82, 2.24) is 19.9 Å². The van der Waals surface area contributed by atoms with Gasteiger partial charge in [-0.25, -0.2) is 0 Å². The van der Waals surface area contributed by atoms with Crippen molar-refractivity contribution in [2.45, 2.75) is 6.42 Å². The highest BCUT2D eigenvalue weighted by Gasteiger charge is 2.25. The van der Waals surface area contributed by atoms with Crippen molar-refractivity contribution in [2.24, 2.45) is 0 Å². The van der Waals surface area contributed by atoms with Gasteiger partial charge in [-0.15, -0.1) is 0 Å². The van der Waals surface area contributed by atoms with Crippen molar-refractivity contribution in [3.05, 3.63) is 60.6 Å². The van der Waals surface area contributed by atoms with Crippen LogP contribution in [0, 0.1) is 0 Å². The molecule has 1 saturated heterocycles. The lowest BCUT2D eigenvalue weighted by atomic mass is 9.98. The highest BCUT2D eigenvalue weighted by molar-refractivity contribution is 5.86. The summed E-state index contributed by atoms with van der Waals surface area (Å²) in [6.45, 7) is 3.29. The quantitative estimate of drug-likeness (QED) is 0.714. The molecule has 1 fully saturated rings. The lowest BCUT2D eigenvalue weighted by Crippen LogP contribution is -2.47. The number of nitrogens with zero attached hydrogens (tertiary/aromatic N) is 4. The van der Waals surface area contributed by atoms with Gasteiger partial charge in [-0.05, 0) is 24.7 Å². The van der Waals surface area contributed by atoms with Gasteiger partial charge in [-0.3, -0.25) is 9.78 Å². The summed E-state index contributed by atoms with van der Waals surface area (Å²) in [5.41, 5.74) is 3.53. The van der Waals surface area contributed by atoms with Gasteiger partial charge in [0, 0.05) is 44.1 Å². The van der Waals surface area contributed by atoms with Crippen molar-refractivity contribution in [3.8, 4) is 22.4 Å². The van der Waals surface area contributed by atoms with E-state index in [4.69, 9.17) is 4.52 Å². The molecule has 4 rings (SSSR count). The third kappa shape index (κ3) is 3.75. The number of rotatable bonds is 4. The third-order valence-corrected chi connectivity index (χ3v) is 4.95. The van der Waals surface area contributed by atoms with Crippen LogP contribution in [0.15, 0.2) is 59.4 Å². The molecule has 1 amide bonds. The van der Waals surface area contributed by atoms with Crippen LogP contribution < -0.4 is 0 Å². The smallest absolute Gasteiger partial charge is 0.230 e. The summed E-state index contributed by atoms with van der Waals surface area (Å²) in [7, 11) is 2.08. The van der Waals surface area contributed by atoms with Crippen LogP contribution in [0.4, 0.5) is 0 Å². The van der Waals surface area contributed by atoms with E-state index >= 15 is 0 Å². The summed E-state index contributed by atoms with van der Waals surface area (Å²) in [6, 6.07) is 13.7. The van der Waals surface area contributed by atoms with E-state index in [2.05, 4.69) is 22.1 Å². The number of piperazine rings is 1. The van der Waals surface area contributed by atoms with E-state index in [1.165, 1.54) is 0 Å². The number of pyridine rings is 1. The molecule has 6 heteroatoms. The Labute approximate surface area is 158 Å². The predicted octanol–water partition coefficient (Wildman–Crippen LogP) is 2.72. The molecule has 2 aromatic heterocycles. The van der Waals surface area contributed by atoms with Gasteiger partial charge in [-0.1, -0.05) is 35.5 Å². The largest absolute Gasteiger partial charge is 0.360 e. The SMILES string of the molecule is CN1CCN(C(=O)Cc2onc(-c3ccccc3)c2-c2ccncc2)CC1. The predicted molar refractivity (Wildman–Crippen MR) is 103 cm³/mol. The molecule has 0 atom stereocenters. The normalized spacial score (nSPS) is 15.1. The molecule has 27 heavy (non-hydrogen) atoms. The van der Waals surface area contributed by atoms with Gasteiger partial charge < -0.3 is 14.3 Å². The zero-order valence-corrected chi connectivity index (χ0v) is 15.3. The summed E-state index contributed by atoms with van der Waals surface area (Å²) >= 11 is 0. The fourth-order valence-electron chi connectivity index (χ4n) is 3.36. The minimum atomic E-state index is 0.0779. The first-order valence-electron chi connectivity index (χ1n) is 9.13. The van der Waals surface area contributed by atoms with Crippen LogP contribution in [0.1, 0.15) is 5.76 Å². The van der Waals surface area contributed by atoms with E-state index in [9.17, 15) is 4.79 Å². The second-order valence-corrected chi connectivity index (χ2v) is 6.79.